The van der Waals surface area contributed by atoms with E-state index in [2.05, 4.69) is 26.2 Å². The Morgan fingerprint density at radius 3 is 2.77 bits per heavy atom. The Bertz CT molecular complexity index is 798. The minimum atomic E-state index is -0.469. The first-order valence-electron chi connectivity index (χ1n) is 8.67. The van der Waals surface area contributed by atoms with Crippen LogP contribution < -0.4 is 5.32 Å². The molecule has 1 aliphatic rings. The van der Waals surface area contributed by atoms with Gasteiger partial charge in [0.05, 0.1) is 4.70 Å². The largest absolute Gasteiger partial charge is 0.444 e. The number of halogens is 2. The van der Waals surface area contributed by atoms with E-state index in [1.54, 1.807) is 4.90 Å². The van der Waals surface area contributed by atoms with Crippen molar-refractivity contribution in [1.82, 2.24) is 15.2 Å². The van der Waals surface area contributed by atoms with Gasteiger partial charge < -0.3 is 15.0 Å². The molecule has 1 fully saturated rings. The van der Waals surface area contributed by atoms with E-state index in [0.717, 1.165) is 27.0 Å². The van der Waals surface area contributed by atoms with Gasteiger partial charge in [0.1, 0.15) is 16.1 Å². The molecular formula is C18H23BrFN3O2S. The number of aromatic nitrogens is 1. The summed E-state index contributed by atoms with van der Waals surface area (Å²) in [5, 5.41) is 4.34. The fourth-order valence-electron chi connectivity index (χ4n) is 2.90. The average molecular weight is 444 g/mol. The highest BCUT2D eigenvalue weighted by molar-refractivity contribution is 9.10. The van der Waals surface area contributed by atoms with Crippen molar-refractivity contribution in [2.45, 2.75) is 51.8 Å². The Labute approximate surface area is 165 Å². The zero-order valence-electron chi connectivity index (χ0n) is 15.1. The molecule has 1 aromatic carbocycles. The van der Waals surface area contributed by atoms with E-state index in [-0.39, 0.29) is 11.9 Å². The van der Waals surface area contributed by atoms with Crippen LogP contribution in [0.5, 0.6) is 0 Å². The molecule has 2 aromatic rings. The summed E-state index contributed by atoms with van der Waals surface area (Å²) in [5.74, 6) is -0.303. The van der Waals surface area contributed by atoms with Crippen molar-refractivity contribution in [3.8, 4) is 0 Å². The molecule has 142 valence electrons. The third-order valence-corrected chi connectivity index (χ3v) is 5.61. The standard InChI is InChI=1S/C18H23BrFN3O2S/c1-18(2,3)25-17(24)23-6-4-12(5-7-23)21-10-15-22-16-13(20)8-11(19)9-14(16)26-15/h8-9,12,21H,4-7,10H2,1-3H3. The zero-order valence-corrected chi connectivity index (χ0v) is 17.5. The number of hydrogen-bond acceptors (Lipinski definition) is 5. The van der Waals surface area contributed by atoms with Crippen LogP contribution >= 0.6 is 27.3 Å². The monoisotopic (exact) mass is 443 g/mol. The first-order valence-corrected chi connectivity index (χ1v) is 10.3. The molecule has 2 heterocycles. The van der Waals surface area contributed by atoms with Crippen LogP contribution in [-0.2, 0) is 11.3 Å². The van der Waals surface area contributed by atoms with E-state index in [4.69, 9.17) is 4.74 Å². The van der Waals surface area contributed by atoms with Crippen molar-refractivity contribution in [1.29, 1.82) is 0 Å². The van der Waals surface area contributed by atoms with Crippen LogP contribution in [0.15, 0.2) is 16.6 Å². The summed E-state index contributed by atoms with van der Waals surface area (Å²) in [6.45, 7) is 7.57. The van der Waals surface area contributed by atoms with Crippen LogP contribution in [0.25, 0.3) is 10.2 Å². The first kappa shape index (κ1) is 19.5. The summed E-state index contributed by atoms with van der Waals surface area (Å²) in [6.07, 6.45) is 1.48. The summed E-state index contributed by atoms with van der Waals surface area (Å²) in [7, 11) is 0. The maximum absolute atomic E-state index is 13.9. The van der Waals surface area contributed by atoms with E-state index >= 15 is 0 Å². The molecule has 8 heteroatoms. The van der Waals surface area contributed by atoms with Crippen LogP contribution in [0, 0.1) is 5.82 Å². The molecule has 1 aromatic heterocycles. The third-order valence-electron chi connectivity index (χ3n) is 4.15. The number of thiazole rings is 1. The van der Waals surface area contributed by atoms with Gasteiger partial charge >= 0.3 is 6.09 Å². The molecule has 0 aliphatic carbocycles. The minimum absolute atomic E-state index is 0.247. The number of piperidine rings is 1. The van der Waals surface area contributed by atoms with Gasteiger partial charge in [-0.25, -0.2) is 14.2 Å². The number of nitrogens with zero attached hydrogens (tertiary/aromatic N) is 2. The van der Waals surface area contributed by atoms with Gasteiger partial charge in [-0.05, 0) is 45.7 Å². The molecule has 3 rings (SSSR count). The molecule has 0 spiro atoms. The molecule has 1 amide bonds. The number of carbonyl (C=O) groups excluding carboxylic acids is 1. The van der Waals surface area contributed by atoms with Gasteiger partial charge in [-0.1, -0.05) is 15.9 Å². The van der Waals surface area contributed by atoms with Gasteiger partial charge in [-0.3, -0.25) is 0 Å². The van der Waals surface area contributed by atoms with Gasteiger partial charge in [0.25, 0.3) is 0 Å². The zero-order chi connectivity index (χ0) is 18.9. The number of rotatable bonds is 3. The predicted octanol–water partition coefficient (Wildman–Crippen LogP) is 4.69. The number of nitrogens with one attached hydrogen (secondary N) is 1. The molecule has 0 saturated carbocycles. The Morgan fingerprint density at radius 2 is 2.12 bits per heavy atom. The van der Waals surface area contributed by atoms with E-state index in [1.807, 2.05) is 26.8 Å². The van der Waals surface area contributed by atoms with Crippen molar-refractivity contribution in [3.63, 3.8) is 0 Å². The highest BCUT2D eigenvalue weighted by Gasteiger charge is 2.26. The van der Waals surface area contributed by atoms with E-state index in [9.17, 15) is 9.18 Å². The Hall–Kier alpha value is -1.25. The van der Waals surface area contributed by atoms with Crippen molar-refractivity contribution in [3.05, 3.63) is 27.4 Å². The van der Waals surface area contributed by atoms with Crippen molar-refractivity contribution < 1.29 is 13.9 Å². The fraction of sp³-hybridized carbons (Fsp3) is 0.556. The van der Waals surface area contributed by atoms with Crippen molar-refractivity contribution in [2.75, 3.05) is 13.1 Å². The van der Waals surface area contributed by atoms with Crippen molar-refractivity contribution >= 4 is 43.6 Å². The number of benzene rings is 1. The van der Waals surface area contributed by atoms with Gasteiger partial charge in [0.15, 0.2) is 5.82 Å². The number of amides is 1. The SMILES string of the molecule is CC(C)(C)OC(=O)N1CCC(NCc2nc3c(F)cc(Br)cc3s2)CC1. The second-order valence-corrected chi connectivity index (χ2v) is 9.50. The molecule has 0 radical (unpaired) electrons. The van der Waals surface area contributed by atoms with Gasteiger partial charge in [-0.2, -0.15) is 0 Å². The molecule has 1 N–H and O–H groups in total. The average Bonchev–Trinajstić information content (AvgIpc) is 2.95. The highest BCUT2D eigenvalue weighted by atomic mass is 79.9. The molecule has 1 saturated heterocycles. The molecule has 1 aliphatic heterocycles. The second kappa shape index (κ2) is 7.78. The summed E-state index contributed by atoms with van der Waals surface area (Å²) in [5.41, 5.74) is -0.0433. The normalized spacial score (nSPS) is 16.3. The van der Waals surface area contributed by atoms with Crippen LogP contribution in [0.2, 0.25) is 0 Å². The number of likely N-dealkylation sites (tertiary alicyclic amines) is 1. The second-order valence-electron chi connectivity index (χ2n) is 7.46. The van der Waals surface area contributed by atoms with Crippen LogP contribution in [0.1, 0.15) is 38.6 Å². The smallest absolute Gasteiger partial charge is 0.410 e. The highest BCUT2D eigenvalue weighted by Crippen LogP contribution is 2.28. The quantitative estimate of drug-likeness (QED) is 0.747. The fourth-order valence-corrected chi connectivity index (χ4v) is 4.46. The van der Waals surface area contributed by atoms with Gasteiger partial charge in [0.2, 0.25) is 0 Å². The summed E-state index contributed by atoms with van der Waals surface area (Å²) < 4.78 is 20.9. The van der Waals surface area contributed by atoms with E-state index < -0.39 is 5.60 Å². The van der Waals surface area contributed by atoms with E-state index in [1.165, 1.54) is 17.4 Å². The lowest BCUT2D eigenvalue weighted by Gasteiger charge is -2.33. The Balaban J connectivity index is 1.51. The Kier molecular flexibility index (Phi) is 5.84. The van der Waals surface area contributed by atoms with Gasteiger partial charge in [0, 0.05) is 30.1 Å². The minimum Gasteiger partial charge on any atom is -0.444 e. The summed E-state index contributed by atoms with van der Waals surface area (Å²) in [4.78, 5) is 18.2. The van der Waals surface area contributed by atoms with Crippen LogP contribution in [0.3, 0.4) is 0 Å². The molecule has 0 bridgehead atoms. The maximum atomic E-state index is 13.9. The molecule has 0 atom stereocenters. The van der Waals surface area contributed by atoms with Crippen LogP contribution in [-0.4, -0.2) is 40.7 Å². The Morgan fingerprint density at radius 1 is 1.42 bits per heavy atom. The predicted molar refractivity (Wildman–Crippen MR) is 105 cm³/mol. The van der Waals surface area contributed by atoms with Crippen LogP contribution in [0.4, 0.5) is 9.18 Å². The molecule has 0 unspecified atom stereocenters. The molecule has 5 nitrogen and oxygen atoms in total. The maximum Gasteiger partial charge on any atom is 0.410 e. The number of hydrogen-bond donors (Lipinski definition) is 1. The number of fused-ring (bicyclic) bond motifs is 1. The summed E-state index contributed by atoms with van der Waals surface area (Å²) in [6, 6.07) is 3.64. The summed E-state index contributed by atoms with van der Waals surface area (Å²) >= 11 is 4.81. The first-order chi connectivity index (χ1) is 12.2. The number of carbonyl (C=O) groups is 1. The molecule has 26 heavy (non-hydrogen) atoms. The molecular weight excluding hydrogens is 421 g/mol. The van der Waals surface area contributed by atoms with Gasteiger partial charge in [-0.15, -0.1) is 11.3 Å². The topological polar surface area (TPSA) is 54.5 Å². The number of ether oxygens (including phenoxy) is 1. The third kappa shape index (κ3) is 4.92. The lowest BCUT2D eigenvalue weighted by molar-refractivity contribution is 0.0198. The lowest BCUT2D eigenvalue weighted by atomic mass is 10.1. The van der Waals surface area contributed by atoms with Crippen molar-refractivity contribution in [2.24, 2.45) is 0 Å². The lowest BCUT2D eigenvalue weighted by Crippen LogP contribution is -2.46. The van der Waals surface area contributed by atoms with E-state index in [0.29, 0.717) is 31.2 Å².